The Labute approximate surface area is 162 Å². The van der Waals surface area contributed by atoms with Crippen LogP contribution < -0.4 is 5.32 Å². The number of carboxylic acids is 1. The predicted octanol–water partition coefficient (Wildman–Crippen LogP) is 1.27. The molecular weight excluding hydrogens is 362 g/mol. The summed E-state index contributed by atoms with van der Waals surface area (Å²) in [6.07, 6.45) is 3.44. The number of nitrogens with one attached hydrogen (secondary N) is 2. The minimum Gasteiger partial charge on any atom is -0.481 e. The van der Waals surface area contributed by atoms with E-state index >= 15 is 0 Å². The third-order valence-electron chi connectivity index (χ3n) is 5.01. The minimum atomic E-state index is -1.24. The molecule has 1 aromatic carbocycles. The van der Waals surface area contributed by atoms with Crippen molar-refractivity contribution in [2.75, 3.05) is 13.1 Å². The normalized spacial score (nSPS) is 20.5. The Morgan fingerprint density at radius 1 is 1.32 bits per heavy atom. The van der Waals surface area contributed by atoms with Gasteiger partial charge in [0.25, 0.3) is 0 Å². The van der Waals surface area contributed by atoms with E-state index < -0.39 is 11.6 Å². The largest absolute Gasteiger partial charge is 0.481 e. The van der Waals surface area contributed by atoms with Crippen molar-refractivity contribution in [1.29, 1.82) is 0 Å². The number of amides is 2. The number of hydrogen-bond donors (Lipinski definition) is 4. The summed E-state index contributed by atoms with van der Waals surface area (Å²) in [6, 6.07) is 9.00. The number of urea groups is 1. The van der Waals surface area contributed by atoms with Crippen LogP contribution in [0.4, 0.5) is 4.79 Å². The number of aliphatic carboxylic acids is 1. The van der Waals surface area contributed by atoms with Gasteiger partial charge in [-0.15, -0.1) is 0 Å². The number of aliphatic hydroxyl groups is 1. The summed E-state index contributed by atoms with van der Waals surface area (Å²) in [5, 5.41) is 33.0. The molecule has 1 aromatic heterocycles. The molecular formula is C19H25N5O4. The zero-order valence-corrected chi connectivity index (χ0v) is 15.5. The summed E-state index contributed by atoms with van der Waals surface area (Å²) in [4.78, 5) is 25.4. The highest BCUT2D eigenvalue weighted by Gasteiger charge is 2.39. The van der Waals surface area contributed by atoms with E-state index in [2.05, 4.69) is 20.7 Å². The average Bonchev–Trinajstić information content (AvgIpc) is 3.23. The number of carbonyl (C=O) groups is 2. The fraction of sp³-hybridized carbons (Fsp3) is 0.474. The van der Waals surface area contributed by atoms with Crippen molar-refractivity contribution >= 4 is 12.0 Å². The van der Waals surface area contributed by atoms with Crippen LogP contribution in [0.15, 0.2) is 36.5 Å². The van der Waals surface area contributed by atoms with Crippen molar-refractivity contribution in [2.45, 2.75) is 43.7 Å². The molecule has 4 N–H and O–H groups in total. The first-order valence-electron chi connectivity index (χ1n) is 9.36. The zero-order valence-electron chi connectivity index (χ0n) is 15.5. The fourth-order valence-corrected chi connectivity index (χ4v) is 3.53. The highest BCUT2D eigenvalue weighted by Crippen LogP contribution is 2.29. The van der Waals surface area contributed by atoms with E-state index in [0.717, 1.165) is 5.56 Å². The van der Waals surface area contributed by atoms with E-state index in [-0.39, 0.29) is 25.0 Å². The highest BCUT2D eigenvalue weighted by atomic mass is 16.4. The van der Waals surface area contributed by atoms with Crippen molar-refractivity contribution in [2.24, 2.45) is 0 Å². The lowest BCUT2D eigenvalue weighted by Gasteiger charge is -2.38. The maximum atomic E-state index is 12.8. The molecule has 1 fully saturated rings. The Morgan fingerprint density at radius 3 is 2.79 bits per heavy atom. The molecule has 1 aliphatic heterocycles. The van der Waals surface area contributed by atoms with E-state index in [1.807, 2.05) is 30.3 Å². The molecule has 1 saturated heterocycles. The van der Waals surface area contributed by atoms with Gasteiger partial charge < -0.3 is 20.4 Å². The third-order valence-corrected chi connectivity index (χ3v) is 5.01. The summed E-state index contributed by atoms with van der Waals surface area (Å²) in [5.41, 5.74) is 0.200. The molecule has 1 aliphatic rings. The number of nitrogens with zero attached hydrogens (tertiary/aromatic N) is 3. The number of β-amino-alcohol motifs (C(OH)–C–C–N with tert-alkyl or cyclic N) is 1. The van der Waals surface area contributed by atoms with E-state index in [1.165, 1.54) is 6.20 Å². The van der Waals surface area contributed by atoms with Gasteiger partial charge in [0, 0.05) is 19.0 Å². The Kier molecular flexibility index (Phi) is 6.25. The summed E-state index contributed by atoms with van der Waals surface area (Å²) < 4.78 is 0. The topological polar surface area (TPSA) is 131 Å². The molecule has 9 nitrogen and oxygen atoms in total. The van der Waals surface area contributed by atoms with Crippen LogP contribution in [-0.2, 0) is 16.8 Å². The second kappa shape index (κ2) is 8.83. The average molecular weight is 387 g/mol. The first-order chi connectivity index (χ1) is 13.5. The van der Waals surface area contributed by atoms with Gasteiger partial charge in [-0.05, 0) is 31.2 Å². The molecule has 2 atom stereocenters. The standard InChI is InChI=1S/C19H25N5O4/c25-17(26)8-7-15(11-14-5-2-1-3-6-14)21-18(27)24-10-4-9-19(28,13-24)16-12-20-23-22-16/h1-3,5-6,12,15,28H,4,7-11,13H2,(H,21,27)(H,25,26)(H,20,22,23). The van der Waals surface area contributed by atoms with Crippen molar-refractivity contribution in [3.05, 3.63) is 47.8 Å². The fourth-order valence-electron chi connectivity index (χ4n) is 3.53. The summed E-state index contributed by atoms with van der Waals surface area (Å²) in [6.45, 7) is 0.630. The molecule has 150 valence electrons. The lowest BCUT2D eigenvalue weighted by molar-refractivity contribution is -0.137. The van der Waals surface area contributed by atoms with Crippen LogP contribution >= 0.6 is 0 Å². The molecule has 2 unspecified atom stereocenters. The molecule has 0 saturated carbocycles. The molecule has 0 radical (unpaired) electrons. The number of piperidine rings is 1. The van der Waals surface area contributed by atoms with Crippen LogP contribution in [0, 0.1) is 0 Å². The van der Waals surface area contributed by atoms with Gasteiger partial charge in [-0.3, -0.25) is 4.79 Å². The Bertz CT molecular complexity index is 783. The highest BCUT2D eigenvalue weighted by molar-refractivity contribution is 5.75. The number of carboxylic acid groups (broad SMARTS) is 1. The molecule has 28 heavy (non-hydrogen) atoms. The lowest BCUT2D eigenvalue weighted by atomic mass is 9.90. The molecule has 3 rings (SSSR count). The number of aromatic nitrogens is 3. The van der Waals surface area contributed by atoms with Gasteiger partial charge in [-0.25, -0.2) is 4.79 Å². The Morgan fingerprint density at radius 2 is 2.11 bits per heavy atom. The number of aromatic amines is 1. The summed E-state index contributed by atoms with van der Waals surface area (Å²) in [7, 11) is 0. The van der Waals surface area contributed by atoms with Gasteiger partial charge >= 0.3 is 12.0 Å². The first kappa shape index (κ1) is 19.8. The van der Waals surface area contributed by atoms with Gasteiger partial charge in [0.1, 0.15) is 11.3 Å². The maximum absolute atomic E-state index is 12.8. The SMILES string of the molecule is O=C(O)CCC(Cc1ccccc1)NC(=O)N1CCCC(O)(c2cn[nH]n2)C1. The van der Waals surface area contributed by atoms with E-state index in [4.69, 9.17) is 5.11 Å². The molecule has 0 aliphatic carbocycles. The Balaban J connectivity index is 1.65. The van der Waals surface area contributed by atoms with Gasteiger partial charge in [-0.1, -0.05) is 30.3 Å². The van der Waals surface area contributed by atoms with Gasteiger partial charge in [0.05, 0.1) is 12.7 Å². The first-order valence-corrected chi connectivity index (χ1v) is 9.36. The maximum Gasteiger partial charge on any atom is 0.317 e. The van der Waals surface area contributed by atoms with Crippen molar-refractivity contribution in [3.8, 4) is 0 Å². The molecule has 0 bridgehead atoms. The summed E-state index contributed by atoms with van der Waals surface area (Å²) in [5.74, 6) is -0.898. The molecule has 9 heteroatoms. The number of benzene rings is 1. The van der Waals surface area contributed by atoms with E-state index in [9.17, 15) is 14.7 Å². The predicted molar refractivity (Wildman–Crippen MR) is 100 cm³/mol. The van der Waals surface area contributed by atoms with Crippen molar-refractivity contribution in [3.63, 3.8) is 0 Å². The van der Waals surface area contributed by atoms with Gasteiger partial charge in [0.15, 0.2) is 0 Å². The van der Waals surface area contributed by atoms with Crippen LogP contribution in [0.2, 0.25) is 0 Å². The van der Waals surface area contributed by atoms with Crippen LogP contribution in [-0.4, -0.2) is 61.7 Å². The Hall–Kier alpha value is -2.94. The quantitative estimate of drug-likeness (QED) is 0.566. The van der Waals surface area contributed by atoms with Crippen molar-refractivity contribution < 1.29 is 19.8 Å². The number of rotatable bonds is 7. The summed E-state index contributed by atoms with van der Waals surface area (Å²) >= 11 is 0. The zero-order chi connectivity index (χ0) is 20.0. The van der Waals surface area contributed by atoms with Crippen LogP contribution in [0.3, 0.4) is 0 Å². The number of carbonyl (C=O) groups excluding carboxylic acids is 1. The molecule has 2 aromatic rings. The third kappa shape index (κ3) is 5.07. The smallest absolute Gasteiger partial charge is 0.317 e. The lowest BCUT2D eigenvalue weighted by Crippen LogP contribution is -2.53. The molecule has 0 spiro atoms. The monoisotopic (exact) mass is 387 g/mol. The van der Waals surface area contributed by atoms with Crippen molar-refractivity contribution in [1.82, 2.24) is 25.6 Å². The second-order valence-corrected chi connectivity index (χ2v) is 7.18. The second-order valence-electron chi connectivity index (χ2n) is 7.18. The number of H-pyrrole nitrogens is 1. The van der Waals surface area contributed by atoms with Gasteiger partial charge in [0.2, 0.25) is 0 Å². The molecule has 2 amide bonds. The van der Waals surface area contributed by atoms with Crippen LogP contribution in [0.5, 0.6) is 0 Å². The van der Waals surface area contributed by atoms with Crippen LogP contribution in [0.1, 0.15) is 36.9 Å². The van der Waals surface area contributed by atoms with E-state index in [0.29, 0.717) is 37.9 Å². The van der Waals surface area contributed by atoms with Gasteiger partial charge in [-0.2, -0.15) is 15.4 Å². The molecule has 2 heterocycles. The van der Waals surface area contributed by atoms with E-state index in [1.54, 1.807) is 4.90 Å². The van der Waals surface area contributed by atoms with Crippen LogP contribution in [0.25, 0.3) is 0 Å². The minimum absolute atomic E-state index is 0.0271. The number of hydrogen-bond acceptors (Lipinski definition) is 5. The number of likely N-dealkylation sites (tertiary alicyclic amines) is 1.